The predicted molar refractivity (Wildman–Crippen MR) is 425 cm³/mol. The average molecular weight is 1830 g/mol. The van der Waals surface area contributed by atoms with E-state index in [1.54, 1.807) is 84.6 Å². The van der Waals surface area contributed by atoms with E-state index < -0.39 is 58.2 Å². The Morgan fingerprint density at radius 3 is 1.41 bits per heavy atom. The van der Waals surface area contributed by atoms with Crippen molar-refractivity contribution in [2.75, 3.05) is 59.2 Å². The molecular weight excluding hydrogens is 1770 g/mol. The van der Waals surface area contributed by atoms with Crippen molar-refractivity contribution in [3.8, 4) is 29.1 Å². The van der Waals surface area contributed by atoms with Gasteiger partial charge in [0.15, 0.2) is 11.1 Å². The van der Waals surface area contributed by atoms with Crippen LogP contribution in [0.15, 0.2) is 170 Å². The van der Waals surface area contributed by atoms with Gasteiger partial charge in [-0.05, 0) is 222 Å². The first-order valence-electron chi connectivity index (χ1n) is 32.9. The highest BCUT2D eigenvalue weighted by Gasteiger charge is 2.54. The van der Waals surface area contributed by atoms with E-state index in [0.717, 1.165) is 40.4 Å². The van der Waals surface area contributed by atoms with Gasteiger partial charge in [0, 0.05) is 89.5 Å². The highest BCUT2D eigenvalue weighted by molar-refractivity contribution is 14.1. The number of amides is 12. The summed E-state index contributed by atoms with van der Waals surface area (Å²) in [6.07, 6.45) is 3.78. The molecule has 6 aliphatic heterocycles. The van der Waals surface area contributed by atoms with E-state index >= 15 is 0 Å². The summed E-state index contributed by atoms with van der Waals surface area (Å²) < 4.78 is 85.1. The van der Waals surface area contributed by atoms with Crippen molar-refractivity contribution in [3.63, 3.8) is 0 Å². The summed E-state index contributed by atoms with van der Waals surface area (Å²) in [5.41, 5.74) is 5.67. The van der Waals surface area contributed by atoms with Gasteiger partial charge in [-0.2, -0.15) is 0 Å². The average Bonchev–Trinajstić information content (AvgIpc) is 1.59. The van der Waals surface area contributed by atoms with Crippen molar-refractivity contribution in [1.82, 2.24) is 46.6 Å². The lowest BCUT2D eigenvalue weighted by molar-refractivity contribution is -0.125. The number of thiophene rings is 2. The number of nitrogens with zero attached hydrogens (tertiary/aromatic N) is 3. The summed E-state index contributed by atoms with van der Waals surface area (Å²) >= 11 is 13.9. The van der Waals surface area contributed by atoms with Crippen LogP contribution in [0, 0.1) is 44.5 Å². The molecule has 8 heterocycles. The van der Waals surface area contributed by atoms with Crippen LogP contribution in [0.25, 0.3) is 20.2 Å². The zero-order valence-corrected chi connectivity index (χ0v) is 67.2. The number of imide groups is 3. The standard InChI is InChI=1S/C22H18FN3O4S.C21H15FIN3O4S.C21H16FN3O4S.C7H6BrFS.C6H5BrFN/c1-30-16-5-3-14-11-26(19(27)17(14)10-16)12-22(20(28)24-21(29)25-22)8-7-13-9-15(23)4-6-18(13)31-2;1-30-12-4-2-10-8-26(18(27)13(10)7-12)9-21(19(28)24-20(29)25-21)17-16(23)14-6-11(22)3-5-15(14)31-17;1-29-14-4-2-11-9-25(18(26)15(11)8-14)10-21(19(27)23-20(28)24-21)17-7-12-6-13(22)3-5-16(12)30-17;1-10-7-3-2-5(9)4-6(7)8;7-5-3-4(8)1-2-6(5)9/h3-6,9-10H,11-12H2,1-2H3,(H2,24,25,28,29);2-7H,8-9H2,1H3,(H2,24,25,28,29);2-8H,9-10H2,1H3,(H2,23,24,27,28);2-4H,1H3;1-3H,9H2/t22-;2*21-;;/m100../s1. The van der Waals surface area contributed by atoms with E-state index in [0.29, 0.717) is 86.8 Å². The van der Waals surface area contributed by atoms with Crippen molar-refractivity contribution in [3.05, 3.63) is 242 Å². The Morgan fingerprint density at radius 1 is 0.495 bits per heavy atom. The molecule has 34 heteroatoms. The maximum atomic E-state index is 13.8. The van der Waals surface area contributed by atoms with E-state index in [1.165, 1.54) is 137 Å². The summed E-state index contributed by atoms with van der Waals surface area (Å²) in [4.78, 5) is 121. The number of carbonyl (C=O) groups excluding carboxylic acids is 9. The molecule has 0 unspecified atom stereocenters. The molecule has 2 aromatic heterocycles. The van der Waals surface area contributed by atoms with Crippen molar-refractivity contribution >= 4 is 180 Å². The van der Waals surface area contributed by atoms with Gasteiger partial charge < -0.3 is 50.6 Å². The van der Waals surface area contributed by atoms with Crippen LogP contribution in [-0.4, -0.2) is 127 Å². The molecule has 10 aromatic rings. The van der Waals surface area contributed by atoms with Crippen molar-refractivity contribution < 1.29 is 79.3 Å². The van der Waals surface area contributed by atoms with E-state index in [1.807, 2.05) is 24.6 Å². The van der Waals surface area contributed by atoms with Crippen molar-refractivity contribution in [1.29, 1.82) is 0 Å². The summed E-state index contributed by atoms with van der Waals surface area (Å²) in [7, 11) is 4.56. The van der Waals surface area contributed by atoms with Gasteiger partial charge in [0.25, 0.3) is 35.4 Å². The lowest BCUT2D eigenvalue weighted by atomic mass is 9.96. The van der Waals surface area contributed by atoms with Gasteiger partial charge in [0.05, 0.1) is 45.8 Å². The van der Waals surface area contributed by atoms with Gasteiger partial charge >= 0.3 is 18.1 Å². The number of hydrogen-bond acceptors (Lipinski definition) is 17. The number of ether oxygens (including phenoxy) is 3. The number of halogens is 8. The lowest BCUT2D eigenvalue weighted by Crippen LogP contribution is -2.54. The molecule has 22 nitrogen and oxygen atoms in total. The Bertz CT molecular complexity index is 5600. The van der Waals surface area contributed by atoms with Crippen LogP contribution < -0.4 is 51.8 Å². The molecule has 0 radical (unpaired) electrons. The fourth-order valence-electron chi connectivity index (χ4n) is 12.7. The Hall–Kier alpha value is -10.3. The molecule has 8 aromatic carbocycles. The topological polar surface area (TPSA) is 289 Å². The fraction of sp³-hybridized carbons (Fsp3) is 0.182. The maximum absolute atomic E-state index is 13.8. The molecular formula is C77H60Br2F5IN10O12S4. The van der Waals surface area contributed by atoms with E-state index in [9.17, 15) is 65.1 Å². The number of hydrogen-bond donors (Lipinski definition) is 7. The van der Waals surface area contributed by atoms with Crippen LogP contribution in [0.3, 0.4) is 0 Å². The number of nitrogens with two attached hydrogens (primary N) is 1. The minimum Gasteiger partial charge on any atom is -0.497 e. The number of nitrogen functional groups attached to an aromatic ring is 1. The monoisotopic (exact) mass is 1820 g/mol. The highest BCUT2D eigenvalue weighted by atomic mass is 127. The maximum Gasteiger partial charge on any atom is 0.323 e. The summed E-state index contributed by atoms with van der Waals surface area (Å²) in [5.74, 6) is 3.06. The smallest absolute Gasteiger partial charge is 0.323 e. The Labute approximate surface area is 676 Å². The number of rotatable bonds is 13. The number of fused-ring (bicyclic) bond motifs is 5. The Morgan fingerprint density at radius 2 is 0.937 bits per heavy atom. The third kappa shape index (κ3) is 16.8. The highest BCUT2D eigenvalue weighted by Crippen LogP contribution is 2.44. The van der Waals surface area contributed by atoms with Crippen molar-refractivity contribution in [2.24, 2.45) is 0 Å². The molecule has 570 valence electrons. The first-order chi connectivity index (χ1) is 53.0. The number of nitrogens with one attached hydrogen (secondary N) is 6. The summed E-state index contributed by atoms with van der Waals surface area (Å²) in [6, 6.07) is 37.2. The number of urea groups is 3. The Kier molecular flexibility index (Phi) is 24.1. The minimum absolute atomic E-state index is 0.0459. The van der Waals surface area contributed by atoms with E-state index in [4.69, 9.17) is 19.9 Å². The van der Waals surface area contributed by atoms with Crippen LogP contribution in [0.4, 0.5) is 42.0 Å². The molecule has 0 spiro atoms. The second-order valence-corrected chi connectivity index (χ2v) is 31.8. The number of thioether (sulfide) groups is 2. The first kappa shape index (κ1) is 80.2. The second kappa shape index (κ2) is 33.3. The summed E-state index contributed by atoms with van der Waals surface area (Å²) in [6.45, 7) is 0.626. The summed E-state index contributed by atoms with van der Waals surface area (Å²) in [5, 5.41) is 16.0. The predicted octanol–water partition coefficient (Wildman–Crippen LogP) is 13.7. The number of carbonyl (C=O) groups is 9. The van der Waals surface area contributed by atoms with Gasteiger partial charge in [-0.1, -0.05) is 30.0 Å². The van der Waals surface area contributed by atoms with Crippen LogP contribution >= 0.6 is 101 Å². The largest absolute Gasteiger partial charge is 0.497 e. The number of methoxy groups -OCH3 is 3. The van der Waals surface area contributed by atoms with Crippen LogP contribution in [0.2, 0.25) is 0 Å². The molecule has 0 aliphatic carbocycles. The van der Waals surface area contributed by atoms with Crippen molar-refractivity contribution in [2.45, 2.75) is 46.0 Å². The van der Waals surface area contributed by atoms with Gasteiger partial charge in [-0.15, -0.1) is 46.2 Å². The first-order valence-corrected chi connectivity index (χ1v) is 39.7. The zero-order valence-electron chi connectivity index (χ0n) is 58.7. The van der Waals surface area contributed by atoms with E-state index in [2.05, 4.69) is 98.2 Å². The third-order valence-electron chi connectivity index (χ3n) is 18.2. The number of benzene rings is 8. The molecule has 12 amide bonds. The minimum atomic E-state index is -1.65. The molecule has 3 saturated heterocycles. The van der Waals surface area contributed by atoms with Crippen LogP contribution in [0.5, 0.6) is 17.2 Å². The molecule has 111 heavy (non-hydrogen) atoms. The second-order valence-electron chi connectivity index (χ2n) is 25.2. The number of anilines is 1. The quantitative estimate of drug-likeness (QED) is 0.0141. The molecule has 16 rings (SSSR count). The molecule has 6 aliphatic rings. The van der Waals surface area contributed by atoms with Gasteiger partial charge in [0.2, 0.25) is 5.54 Å². The van der Waals surface area contributed by atoms with E-state index in [-0.39, 0.29) is 67.2 Å². The van der Waals surface area contributed by atoms with Crippen LogP contribution in [-0.2, 0) is 45.1 Å². The zero-order chi connectivity index (χ0) is 79.5. The Balaban J connectivity index is 0.000000138. The third-order valence-corrected chi connectivity index (χ3v) is 25.5. The normalized spacial score (nSPS) is 18.3. The van der Waals surface area contributed by atoms with Gasteiger partial charge in [0.1, 0.15) is 46.3 Å². The van der Waals surface area contributed by atoms with Crippen LogP contribution in [0.1, 0.15) is 63.1 Å². The SMILES string of the molecule is COc1ccc2c(c1)C(=O)N(C[C@@]1(C#Cc3cc(F)ccc3SC)NC(=O)NC1=O)C2.COc1ccc2c(c1)C(=O)N(C[C@@]1(c3cc4cc(F)ccc4s3)NC(=O)NC1=O)C2.COc1ccc2c(c1)C(=O)N(C[C@@]1(c3sc4ccc(F)cc4c3I)NC(=O)NC1=O)C2.CSc1ccc(F)cc1Br.Nc1ccc(F)cc1Br. The van der Waals surface area contributed by atoms with Gasteiger partial charge in [-0.3, -0.25) is 44.7 Å². The molecule has 8 N–H and O–H groups in total. The fourth-order valence-corrected chi connectivity index (χ4v) is 18.7. The molecule has 3 fully saturated rings. The molecule has 3 atom stereocenters. The molecule has 0 saturated carbocycles. The van der Waals surface area contributed by atoms with Gasteiger partial charge in [-0.25, -0.2) is 36.3 Å². The molecule has 0 bridgehead atoms. The lowest BCUT2D eigenvalue weighted by Gasteiger charge is -2.30.